The van der Waals surface area contributed by atoms with Crippen LogP contribution in [0, 0.1) is 11.3 Å². The lowest BCUT2D eigenvalue weighted by Crippen LogP contribution is -2.18. The van der Waals surface area contributed by atoms with Gasteiger partial charge < -0.3 is 5.32 Å². The Kier molecular flexibility index (Phi) is 3.48. The van der Waals surface area contributed by atoms with Crippen molar-refractivity contribution in [2.75, 3.05) is 13.1 Å². The van der Waals surface area contributed by atoms with Gasteiger partial charge in [0.25, 0.3) is 0 Å². The number of nitrogens with one attached hydrogen (secondary N) is 1. The van der Waals surface area contributed by atoms with Gasteiger partial charge in [0.05, 0.1) is 0 Å². The third kappa shape index (κ3) is 2.73. The molecule has 1 unspecified atom stereocenters. The van der Waals surface area contributed by atoms with E-state index in [4.69, 9.17) is 0 Å². The first-order valence-electron chi connectivity index (χ1n) is 6.49. The Bertz CT molecular complexity index is 162. The van der Waals surface area contributed by atoms with Crippen molar-refractivity contribution in [1.29, 1.82) is 0 Å². The van der Waals surface area contributed by atoms with Gasteiger partial charge in [-0.2, -0.15) is 0 Å². The summed E-state index contributed by atoms with van der Waals surface area (Å²) in [6.07, 6.45) is 11.8. The highest BCUT2D eigenvalue weighted by Gasteiger charge is 2.31. The molecular weight excluding hydrogens is 170 g/mol. The summed E-state index contributed by atoms with van der Waals surface area (Å²) in [6, 6.07) is 0. The van der Waals surface area contributed by atoms with Crippen molar-refractivity contribution < 1.29 is 0 Å². The molecule has 2 rings (SSSR count). The molecule has 82 valence electrons. The Morgan fingerprint density at radius 2 is 1.86 bits per heavy atom. The molecule has 1 N–H and O–H groups in total. The van der Waals surface area contributed by atoms with E-state index < -0.39 is 0 Å². The van der Waals surface area contributed by atoms with Crippen molar-refractivity contribution in [1.82, 2.24) is 5.32 Å². The second kappa shape index (κ2) is 4.65. The Morgan fingerprint density at radius 3 is 2.64 bits per heavy atom. The molecule has 14 heavy (non-hydrogen) atoms. The quantitative estimate of drug-likeness (QED) is 0.712. The van der Waals surface area contributed by atoms with Crippen LogP contribution in [0.15, 0.2) is 0 Å². The van der Waals surface area contributed by atoms with E-state index in [1.807, 2.05) is 0 Å². The van der Waals surface area contributed by atoms with Gasteiger partial charge >= 0.3 is 0 Å². The molecule has 2 fully saturated rings. The van der Waals surface area contributed by atoms with Crippen LogP contribution in [0.5, 0.6) is 0 Å². The first-order valence-corrected chi connectivity index (χ1v) is 6.49. The zero-order valence-electron chi connectivity index (χ0n) is 9.65. The van der Waals surface area contributed by atoms with Gasteiger partial charge in [-0.1, -0.05) is 19.8 Å². The highest BCUT2D eigenvalue weighted by atomic mass is 14.8. The van der Waals surface area contributed by atoms with Crippen LogP contribution in [0.2, 0.25) is 0 Å². The molecule has 0 aromatic carbocycles. The van der Waals surface area contributed by atoms with Crippen LogP contribution in [-0.4, -0.2) is 13.1 Å². The maximum atomic E-state index is 3.51. The first kappa shape index (κ1) is 10.5. The SMILES string of the molecule is CC1(CC2CCCNCC2)CCCC1. The highest BCUT2D eigenvalue weighted by Crippen LogP contribution is 2.44. The lowest BCUT2D eigenvalue weighted by molar-refractivity contribution is 0.234. The fraction of sp³-hybridized carbons (Fsp3) is 1.00. The summed E-state index contributed by atoms with van der Waals surface area (Å²) in [6.45, 7) is 5.05. The lowest BCUT2D eigenvalue weighted by Gasteiger charge is -2.28. The number of hydrogen-bond donors (Lipinski definition) is 1. The second-order valence-electron chi connectivity index (χ2n) is 5.77. The standard InChI is InChI=1S/C13H25N/c1-13(7-2-3-8-13)11-12-5-4-9-14-10-6-12/h12,14H,2-11H2,1H3. The van der Waals surface area contributed by atoms with Gasteiger partial charge in [0, 0.05) is 0 Å². The van der Waals surface area contributed by atoms with E-state index >= 15 is 0 Å². The van der Waals surface area contributed by atoms with Crippen LogP contribution >= 0.6 is 0 Å². The van der Waals surface area contributed by atoms with E-state index in [0.29, 0.717) is 0 Å². The smallest absolute Gasteiger partial charge is 0.00463 e. The second-order valence-corrected chi connectivity index (χ2v) is 5.77. The molecular formula is C13H25N. The fourth-order valence-electron chi connectivity index (χ4n) is 3.42. The Labute approximate surface area is 88.7 Å². The summed E-state index contributed by atoms with van der Waals surface area (Å²) in [5.74, 6) is 1.02. The molecule has 0 spiro atoms. The molecule has 2 aliphatic rings. The fourth-order valence-corrected chi connectivity index (χ4v) is 3.42. The van der Waals surface area contributed by atoms with Crippen molar-refractivity contribution in [2.24, 2.45) is 11.3 Å². The first-order chi connectivity index (χ1) is 6.79. The van der Waals surface area contributed by atoms with Crippen LogP contribution in [0.1, 0.15) is 58.3 Å². The highest BCUT2D eigenvalue weighted by molar-refractivity contribution is 4.83. The molecule has 1 nitrogen and oxygen atoms in total. The van der Waals surface area contributed by atoms with Crippen molar-refractivity contribution in [3.8, 4) is 0 Å². The third-order valence-corrected chi connectivity index (χ3v) is 4.29. The maximum Gasteiger partial charge on any atom is -0.00463 e. The summed E-state index contributed by atoms with van der Waals surface area (Å²) < 4.78 is 0. The molecule has 1 heterocycles. The van der Waals surface area contributed by atoms with Gasteiger partial charge in [-0.15, -0.1) is 0 Å². The molecule has 1 aliphatic heterocycles. The summed E-state index contributed by atoms with van der Waals surface area (Å²) >= 11 is 0. The zero-order chi connectivity index (χ0) is 9.86. The van der Waals surface area contributed by atoms with Crippen LogP contribution in [-0.2, 0) is 0 Å². The molecule has 1 saturated carbocycles. The normalized spacial score (nSPS) is 32.8. The average molecular weight is 195 g/mol. The van der Waals surface area contributed by atoms with Crippen LogP contribution in [0.25, 0.3) is 0 Å². The molecule has 0 bridgehead atoms. The molecule has 0 aromatic rings. The van der Waals surface area contributed by atoms with Gasteiger partial charge in [0.1, 0.15) is 0 Å². The van der Waals surface area contributed by atoms with E-state index in [-0.39, 0.29) is 0 Å². The van der Waals surface area contributed by atoms with Crippen molar-refractivity contribution in [3.05, 3.63) is 0 Å². The van der Waals surface area contributed by atoms with Crippen molar-refractivity contribution in [3.63, 3.8) is 0 Å². The summed E-state index contributed by atoms with van der Waals surface area (Å²) in [4.78, 5) is 0. The van der Waals surface area contributed by atoms with E-state index in [9.17, 15) is 0 Å². The number of hydrogen-bond acceptors (Lipinski definition) is 1. The van der Waals surface area contributed by atoms with Crippen LogP contribution in [0.3, 0.4) is 0 Å². The van der Waals surface area contributed by atoms with E-state index in [1.54, 1.807) is 0 Å². The Morgan fingerprint density at radius 1 is 1.07 bits per heavy atom. The molecule has 0 radical (unpaired) electrons. The monoisotopic (exact) mass is 195 g/mol. The van der Waals surface area contributed by atoms with Gasteiger partial charge in [0.2, 0.25) is 0 Å². The van der Waals surface area contributed by atoms with Gasteiger partial charge in [-0.25, -0.2) is 0 Å². The lowest BCUT2D eigenvalue weighted by atomic mass is 9.77. The van der Waals surface area contributed by atoms with Gasteiger partial charge in [-0.3, -0.25) is 0 Å². The molecule has 0 amide bonds. The third-order valence-electron chi connectivity index (χ3n) is 4.29. The zero-order valence-corrected chi connectivity index (χ0v) is 9.65. The summed E-state index contributed by atoms with van der Waals surface area (Å²) in [5.41, 5.74) is 0.717. The predicted molar refractivity (Wildman–Crippen MR) is 61.4 cm³/mol. The minimum Gasteiger partial charge on any atom is -0.317 e. The largest absolute Gasteiger partial charge is 0.317 e. The summed E-state index contributed by atoms with van der Waals surface area (Å²) in [5, 5.41) is 3.51. The Hall–Kier alpha value is -0.0400. The van der Waals surface area contributed by atoms with Crippen LogP contribution < -0.4 is 5.32 Å². The predicted octanol–water partition coefficient (Wildman–Crippen LogP) is 3.35. The minimum atomic E-state index is 0.717. The maximum absolute atomic E-state index is 3.51. The molecule has 1 aliphatic carbocycles. The van der Waals surface area contributed by atoms with Crippen molar-refractivity contribution >= 4 is 0 Å². The van der Waals surface area contributed by atoms with E-state index in [2.05, 4.69) is 12.2 Å². The van der Waals surface area contributed by atoms with Crippen LogP contribution in [0.4, 0.5) is 0 Å². The molecule has 1 heteroatoms. The minimum absolute atomic E-state index is 0.717. The Balaban J connectivity index is 1.82. The van der Waals surface area contributed by atoms with Gasteiger partial charge in [0.15, 0.2) is 0 Å². The number of rotatable bonds is 2. The molecule has 1 atom stereocenters. The van der Waals surface area contributed by atoms with Crippen molar-refractivity contribution in [2.45, 2.75) is 58.3 Å². The summed E-state index contributed by atoms with van der Waals surface area (Å²) in [7, 11) is 0. The average Bonchev–Trinajstić information content (AvgIpc) is 2.43. The van der Waals surface area contributed by atoms with E-state index in [1.165, 1.54) is 64.5 Å². The topological polar surface area (TPSA) is 12.0 Å². The van der Waals surface area contributed by atoms with Gasteiger partial charge in [-0.05, 0) is 62.9 Å². The van der Waals surface area contributed by atoms with E-state index in [0.717, 1.165) is 11.3 Å². The molecule has 0 aromatic heterocycles. The molecule has 1 saturated heterocycles.